The fraction of sp³-hybridized carbons (Fsp3) is 0.500. The number of ether oxygens (including phenoxy) is 1. The largest absolute Gasteiger partial charge is 0.573 e. The van der Waals surface area contributed by atoms with Crippen LogP contribution in [0.1, 0.15) is 5.56 Å². The molecule has 1 N–H and O–H groups in total. The number of nitrogens with one attached hydrogen (secondary N) is 1. The van der Waals surface area contributed by atoms with Gasteiger partial charge in [-0.3, -0.25) is 4.90 Å². The van der Waals surface area contributed by atoms with E-state index in [0.717, 1.165) is 38.3 Å². The summed E-state index contributed by atoms with van der Waals surface area (Å²) in [7, 11) is 0. The maximum absolute atomic E-state index is 13.5. The van der Waals surface area contributed by atoms with E-state index in [0.29, 0.717) is 12.1 Å². The van der Waals surface area contributed by atoms with Gasteiger partial charge in [-0.25, -0.2) is 4.39 Å². The van der Waals surface area contributed by atoms with Crippen LogP contribution in [0.3, 0.4) is 0 Å². The summed E-state index contributed by atoms with van der Waals surface area (Å²) in [5.41, 5.74) is 0.633. The minimum Gasteiger partial charge on any atom is -0.403 e. The number of benzene rings is 1. The third-order valence-electron chi connectivity index (χ3n) is 2.84. The zero-order valence-corrected chi connectivity index (χ0v) is 10.1. The number of piperazine rings is 1. The van der Waals surface area contributed by atoms with Gasteiger partial charge in [0.15, 0.2) is 11.6 Å². The maximum atomic E-state index is 13.5. The average molecular weight is 278 g/mol. The molecule has 2 rings (SSSR count). The fourth-order valence-electron chi connectivity index (χ4n) is 1.98. The third kappa shape index (κ3) is 4.36. The monoisotopic (exact) mass is 278 g/mol. The molecule has 1 fully saturated rings. The minimum atomic E-state index is -4.87. The van der Waals surface area contributed by atoms with Gasteiger partial charge in [0, 0.05) is 32.7 Å². The number of nitrogens with zero attached hydrogens (tertiary/aromatic N) is 1. The maximum Gasteiger partial charge on any atom is 0.573 e. The summed E-state index contributed by atoms with van der Waals surface area (Å²) < 4.78 is 53.0. The van der Waals surface area contributed by atoms with E-state index >= 15 is 0 Å². The van der Waals surface area contributed by atoms with Crippen molar-refractivity contribution in [1.82, 2.24) is 10.2 Å². The van der Waals surface area contributed by atoms with Gasteiger partial charge in [-0.2, -0.15) is 0 Å². The molecule has 1 aromatic rings. The molecule has 0 aromatic heterocycles. The number of rotatable bonds is 3. The molecule has 106 valence electrons. The number of halogens is 4. The van der Waals surface area contributed by atoms with Gasteiger partial charge in [0.05, 0.1) is 0 Å². The van der Waals surface area contributed by atoms with Gasteiger partial charge in [0.1, 0.15) is 0 Å². The first-order valence-corrected chi connectivity index (χ1v) is 5.91. The first-order chi connectivity index (χ1) is 8.94. The molecular formula is C12H14F4N2O. The highest BCUT2D eigenvalue weighted by molar-refractivity contribution is 5.29. The molecule has 1 aromatic carbocycles. The predicted octanol–water partition coefficient (Wildman–Crippen LogP) is 2.13. The van der Waals surface area contributed by atoms with Gasteiger partial charge >= 0.3 is 6.36 Å². The molecule has 19 heavy (non-hydrogen) atoms. The summed E-state index contributed by atoms with van der Waals surface area (Å²) >= 11 is 0. The van der Waals surface area contributed by atoms with Crippen molar-refractivity contribution >= 4 is 0 Å². The first kappa shape index (κ1) is 14.1. The minimum absolute atomic E-state index is 0.519. The lowest BCUT2D eigenvalue weighted by molar-refractivity contribution is -0.275. The van der Waals surface area contributed by atoms with Crippen molar-refractivity contribution < 1.29 is 22.3 Å². The number of hydrogen-bond acceptors (Lipinski definition) is 3. The van der Waals surface area contributed by atoms with Crippen LogP contribution >= 0.6 is 0 Å². The van der Waals surface area contributed by atoms with Crippen molar-refractivity contribution in [3.8, 4) is 5.75 Å². The molecular weight excluding hydrogens is 264 g/mol. The highest BCUT2D eigenvalue weighted by Crippen LogP contribution is 2.26. The van der Waals surface area contributed by atoms with Gasteiger partial charge in [0.25, 0.3) is 0 Å². The van der Waals surface area contributed by atoms with Crippen LogP contribution in [0.4, 0.5) is 17.6 Å². The highest BCUT2D eigenvalue weighted by atomic mass is 19.4. The summed E-state index contributed by atoms with van der Waals surface area (Å²) in [6.45, 7) is 3.91. The Labute approximate surface area is 108 Å². The smallest absolute Gasteiger partial charge is 0.403 e. The SMILES string of the molecule is Fc1cc(CN2CCNCC2)ccc1OC(F)(F)F. The summed E-state index contributed by atoms with van der Waals surface area (Å²) in [6.07, 6.45) is -4.87. The molecule has 0 atom stereocenters. The van der Waals surface area contributed by atoms with Crippen LogP contribution in [0.15, 0.2) is 18.2 Å². The van der Waals surface area contributed by atoms with Crippen LogP contribution in [0.25, 0.3) is 0 Å². The van der Waals surface area contributed by atoms with Gasteiger partial charge in [0.2, 0.25) is 0 Å². The van der Waals surface area contributed by atoms with Crippen molar-refractivity contribution in [2.75, 3.05) is 26.2 Å². The molecule has 7 heteroatoms. The summed E-state index contributed by atoms with van der Waals surface area (Å²) in [6, 6.07) is 3.55. The molecule has 3 nitrogen and oxygen atoms in total. The fourth-order valence-corrected chi connectivity index (χ4v) is 1.98. The normalized spacial score (nSPS) is 17.5. The molecule has 0 spiro atoms. The highest BCUT2D eigenvalue weighted by Gasteiger charge is 2.32. The van der Waals surface area contributed by atoms with Gasteiger partial charge < -0.3 is 10.1 Å². The quantitative estimate of drug-likeness (QED) is 0.857. The van der Waals surface area contributed by atoms with E-state index in [2.05, 4.69) is 15.0 Å². The Morgan fingerprint density at radius 1 is 1.21 bits per heavy atom. The zero-order chi connectivity index (χ0) is 13.9. The van der Waals surface area contributed by atoms with E-state index in [9.17, 15) is 17.6 Å². The molecule has 0 radical (unpaired) electrons. The standard InChI is InChI=1S/C12H14F4N2O/c13-10-7-9(8-18-5-3-17-4-6-18)1-2-11(10)19-12(14,15)16/h1-2,7,17H,3-6,8H2. The number of alkyl halides is 3. The lowest BCUT2D eigenvalue weighted by Gasteiger charge is -2.27. The van der Waals surface area contributed by atoms with Gasteiger partial charge in [-0.1, -0.05) is 6.07 Å². The van der Waals surface area contributed by atoms with E-state index in [4.69, 9.17) is 0 Å². The second-order valence-electron chi connectivity index (χ2n) is 4.34. The Bertz CT molecular complexity index is 430. The first-order valence-electron chi connectivity index (χ1n) is 5.91. The summed E-state index contributed by atoms with van der Waals surface area (Å²) in [5.74, 6) is -1.79. The summed E-state index contributed by atoms with van der Waals surface area (Å²) in [5, 5.41) is 3.19. The second kappa shape index (κ2) is 5.75. The predicted molar refractivity (Wildman–Crippen MR) is 61.2 cm³/mol. The lowest BCUT2D eigenvalue weighted by atomic mass is 10.2. The van der Waals surface area contributed by atoms with Crippen LogP contribution in [-0.2, 0) is 6.54 Å². The molecule has 1 heterocycles. The van der Waals surface area contributed by atoms with Crippen LogP contribution < -0.4 is 10.1 Å². The van der Waals surface area contributed by atoms with Crippen molar-refractivity contribution in [2.45, 2.75) is 12.9 Å². The third-order valence-corrected chi connectivity index (χ3v) is 2.84. The van der Waals surface area contributed by atoms with E-state index in [1.807, 2.05) is 0 Å². The Hall–Kier alpha value is -1.34. The Kier molecular flexibility index (Phi) is 4.26. The molecule has 0 bridgehead atoms. The Morgan fingerprint density at radius 3 is 2.47 bits per heavy atom. The summed E-state index contributed by atoms with van der Waals surface area (Å²) in [4.78, 5) is 2.11. The molecule has 1 aliphatic rings. The Balaban J connectivity index is 2.01. The topological polar surface area (TPSA) is 24.5 Å². The number of hydrogen-bond donors (Lipinski definition) is 1. The Morgan fingerprint density at radius 2 is 1.89 bits per heavy atom. The van der Waals surface area contributed by atoms with Crippen LogP contribution in [-0.4, -0.2) is 37.4 Å². The molecule has 0 unspecified atom stereocenters. The van der Waals surface area contributed by atoms with Crippen LogP contribution in [0.2, 0.25) is 0 Å². The van der Waals surface area contributed by atoms with E-state index in [1.54, 1.807) is 0 Å². The molecule has 0 amide bonds. The van der Waals surface area contributed by atoms with E-state index in [-0.39, 0.29) is 0 Å². The average Bonchev–Trinajstić information content (AvgIpc) is 2.33. The second-order valence-corrected chi connectivity index (χ2v) is 4.34. The molecule has 0 saturated carbocycles. The zero-order valence-electron chi connectivity index (χ0n) is 10.1. The van der Waals surface area contributed by atoms with Gasteiger partial charge in [-0.05, 0) is 17.7 Å². The molecule has 1 saturated heterocycles. The lowest BCUT2D eigenvalue weighted by Crippen LogP contribution is -2.42. The van der Waals surface area contributed by atoms with Crippen molar-refractivity contribution in [2.24, 2.45) is 0 Å². The van der Waals surface area contributed by atoms with Gasteiger partial charge in [-0.15, -0.1) is 13.2 Å². The van der Waals surface area contributed by atoms with Crippen molar-refractivity contribution in [1.29, 1.82) is 0 Å². The van der Waals surface area contributed by atoms with Crippen molar-refractivity contribution in [3.63, 3.8) is 0 Å². The van der Waals surface area contributed by atoms with E-state index in [1.165, 1.54) is 6.07 Å². The molecule has 0 aliphatic carbocycles. The van der Waals surface area contributed by atoms with Crippen molar-refractivity contribution in [3.05, 3.63) is 29.6 Å². The van der Waals surface area contributed by atoms with Crippen LogP contribution in [0, 0.1) is 5.82 Å². The van der Waals surface area contributed by atoms with E-state index < -0.39 is 17.9 Å². The molecule has 1 aliphatic heterocycles. The van der Waals surface area contributed by atoms with Crippen LogP contribution in [0.5, 0.6) is 5.75 Å².